The first-order valence-corrected chi connectivity index (χ1v) is 19.9. The number of benzene rings is 6. The van der Waals surface area contributed by atoms with E-state index in [4.69, 9.17) is 0 Å². The molecule has 0 heterocycles. The van der Waals surface area contributed by atoms with Crippen molar-refractivity contribution in [2.24, 2.45) is 0 Å². The quantitative estimate of drug-likeness (QED) is 0.156. The molecule has 0 fully saturated rings. The van der Waals surface area contributed by atoms with E-state index in [-0.39, 0.29) is 0 Å². The highest BCUT2D eigenvalue weighted by molar-refractivity contribution is 7.86. The lowest BCUT2D eigenvalue weighted by Gasteiger charge is -2.33. The summed E-state index contributed by atoms with van der Waals surface area (Å²) < 4.78 is 0. The summed E-state index contributed by atoms with van der Waals surface area (Å²) >= 11 is 0. The van der Waals surface area contributed by atoms with Crippen LogP contribution >= 0.6 is 15.8 Å². The molecule has 0 unspecified atom stereocenters. The number of aryl methyl sites for hydroxylation is 4. The first-order valence-electron chi connectivity index (χ1n) is 17.2. The molecule has 0 spiro atoms. The van der Waals surface area contributed by atoms with Crippen LogP contribution in [-0.2, 0) is 0 Å². The van der Waals surface area contributed by atoms with E-state index in [2.05, 4.69) is 168 Å². The Kier molecular flexibility index (Phi) is 9.57. The van der Waals surface area contributed by atoms with Crippen molar-refractivity contribution < 1.29 is 0 Å². The molecule has 2 heteroatoms. The minimum atomic E-state index is -0.909. The molecular formula is C46H50P2. The van der Waals surface area contributed by atoms with Crippen LogP contribution in [0.15, 0.2) is 84.9 Å². The molecular weight excluding hydrogens is 614 g/mol. The maximum Gasteiger partial charge on any atom is 0.00112 e. The third kappa shape index (κ3) is 5.76. The van der Waals surface area contributed by atoms with Gasteiger partial charge in [-0.05, 0) is 203 Å². The van der Waals surface area contributed by atoms with Gasteiger partial charge in [0, 0.05) is 5.30 Å². The van der Waals surface area contributed by atoms with Gasteiger partial charge in [0.2, 0.25) is 0 Å². The summed E-state index contributed by atoms with van der Waals surface area (Å²) in [7, 11) is -1.79. The highest BCUT2D eigenvalue weighted by atomic mass is 31.1. The molecule has 0 aromatic heterocycles. The van der Waals surface area contributed by atoms with E-state index >= 15 is 0 Å². The Balaban J connectivity index is 1.83. The fraction of sp³-hybridized carbons (Fsp3) is 0.261. The van der Waals surface area contributed by atoms with E-state index in [1.54, 1.807) is 0 Å². The first kappa shape index (κ1) is 34.3. The molecule has 0 saturated heterocycles. The van der Waals surface area contributed by atoms with Gasteiger partial charge in [0.25, 0.3) is 0 Å². The van der Waals surface area contributed by atoms with Gasteiger partial charge in [-0.25, -0.2) is 0 Å². The second-order valence-electron chi connectivity index (χ2n) is 13.9. The molecule has 0 atom stereocenters. The minimum absolute atomic E-state index is 0.883. The third-order valence-corrected chi connectivity index (χ3v) is 17.3. The van der Waals surface area contributed by atoms with Crippen LogP contribution in [0, 0.1) is 83.1 Å². The van der Waals surface area contributed by atoms with Crippen LogP contribution in [0.1, 0.15) is 66.8 Å². The van der Waals surface area contributed by atoms with E-state index in [9.17, 15) is 0 Å². The van der Waals surface area contributed by atoms with Crippen LogP contribution in [0.4, 0.5) is 0 Å². The average molecular weight is 665 g/mol. The number of rotatable bonds is 6. The normalized spacial score (nSPS) is 11.7. The first-order chi connectivity index (χ1) is 22.8. The second-order valence-corrected chi connectivity index (χ2v) is 18.1. The fourth-order valence-corrected chi connectivity index (χ4v) is 13.5. The van der Waals surface area contributed by atoms with Crippen LogP contribution in [0.25, 0.3) is 10.8 Å². The van der Waals surface area contributed by atoms with Crippen molar-refractivity contribution in [1.82, 2.24) is 0 Å². The number of hydrogen-bond acceptors (Lipinski definition) is 0. The predicted octanol–water partition coefficient (Wildman–Crippen LogP) is 10.1. The molecule has 0 aliphatic heterocycles. The summed E-state index contributed by atoms with van der Waals surface area (Å²) in [4.78, 5) is 0. The zero-order valence-corrected chi connectivity index (χ0v) is 32.8. The van der Waals surface area contributed by atoms with Gasteiger partial charge < -0.3 is 0 Å². The predicted molar refractivity (Wildman–Crippen MR) is 218 cm³/mol. The Hall–Kier alpha value is -3.56. The molecule has 6 rings (SSSR count). The average Bonchev–Trinajstić information content (AvgIpc) is 3.08. The molecule has 0 nitrogen and oxygen atoms in total. The topological polar surface area (TPSA) is 0 Å². The van der Waals surface area contributed by atoms with E-state index < -0.39 is 15.8 Å². The van der Waals surface area contributed by atoms with Crippen molar-refractivity contribution in [3.05, 3.63) is 152 Å². The second kappa shape index (κ2) is 13.4. The summed E-state index contributed by atoms with van der Waals surface area (Å²) in [5.41, 5.74) is 16.8. The standard InChI is InChI=1S/C46H50P2/c1-27-17-22-41(35(9)31(27)5)47(42-23-18-28(2)32(6)36(42)10)45-26-21-39-15-13-14-16-40(39)46(45)48(43-24-19-29(3)33(7)37(43)11)44-25-20-30(4)34(8)38(44)12/h13-26H,1-12H3. The van der Waals surface area contributed by atoms with Crippen LogP contribution < -0.4 is 31.8 Å². The van der Waals surface area contributed by atoms with Gasteiger partial charge in [0.1, 0.15) is 0 Å². The third-order valence-electron chi connectivity index (χ3n) is 11.4. The molecule has 6 aromatic rings. The van der Waals surface area contributed by atoms with Gasteiger partial charge in [0.05, 0.1) is 0 Å². The highest BCUT2D eigenvalue weighted by Crippen LogP contribution is 2.45. The van der Waals surface area contributed by atoms with Crippen LogP contribution in [0.2, 0.25) is 0 Å². The van der Waals surface area contributed by atoms with E-state index in [1.807, 2.05) is 0 Å². The largest absolute Gasteiger partial charge is 0.0616 e. The maximum atomic E-state index is 2.51. The summed E-state index contributed by atoms with van der Waals surface area (Å²) in [6, 6.07) is 33.3. The maximum absolute atomic E-state index is 2.51. The Morgan fingerprint density at radius 1 is 0.292 bits per heavy atom. The van der Waals surface area contributed by atoms with Crippen molar-refractivity contribution in [3.63, 3.8) is 0 Å². The van der Waals surface area contributed by atoms with Crippen LogP contribution in [0.3, 0.4) is 0 Å². The monoisotopic (exact) mass is 664 g/mol. The summed E-state index contributed by atoms with van der Waals surface area (Å²) in [6.45, 7) is 27.7. The molecule has 0 N–H and O–H groups in total. The fourth-order valence-electron chi connectivity index (χ4n) is 7.16. The minimum Gasteiger partial charge on any atom is -0.0616 e. The molecule has 48 heavy (non-hydrogen) atoms. The van der Waals surface area contributed by atoms with Crippen molar-refractivity contribution in [1.29, 1.82) is 0 Å². The summed E-state index contributed by atoms with van der Waals surface area (Å²) in [5.74, 6) is 0. The Labute approximate surface area is 292 Å². The zero-order valence-electron chi connectivity index (χ0n) is 31.0. The van der Waals surface area contributed by atoms with Crippen LogP contribution in [-0.4, -0.2) is 0 Å². The molecule has 0 bridgehead atoms. The smallest absolute Gasteiger partial charge is 0.00112 e. The lowest BCUT2D eigenvalue weighted by atomic mass is 10.0. The van der Waals surface area contributed by atoms with Gasteiger partial charge in [-0.3, -0.25) is 0 Å². The van der Waals surface area contributed by atoms with Crippen molar-refractivity contribution in [2.45, 2.75) is 83.1 Å². The van der Waals surface area contributed by atoms with Crippen LogP contribution in [0.5, 0.6) is 0 Å². The van der Waals surface area contributed by atoms with Gasteiger partial charge in [-0.15, -0.1) is 0 Å². The van der Waals surface area contributed by atoms with Gasteiger partial charge in [-0.1, -0.05) is 84.9 Å². The molecule has 0 aliphatic rings. The number of hydrogen-bond donors (Lipinski definition) is 0. The van der Waals surface area contributed by atoms with E-state index in [0.29, 0.717) is 0 Å². The van der Waals surface area contributed by atoms with Crippen molar-refractivity contribution in [3.8, 4) is 0 Å². The summed E-state index contributed by atoms with van der Waals surface area (Å²) in [6.07, 6.45) is 0. The summed E-state index contributed by atoms with van der Waals surface area (Å²) in [5, 5.41) is 11.6. The number of fused-ring (bicyclic) bond motifs is 1. The lowest BCUT2D eigenvalue weighted by molar-refractivity contribution is 1.28. The lowest BCUT2D eigenvalue weighted by Crippen LogP contribution is -2.37. The van der Waals surface area contributed by atoms with Crippen molar-refractivity contribution >= 4 is 58.4 Å². The highest BCUT2D eigenvalue weighted by Gasteiger charge is 2.32. The molecule has 0 aliphatic carbocycles. The molecule has 0 amide bonds. The Bertz CT molecular complexity index is 2100. The van der Waals surface area contributed by atoms with Crippen molar-refractivity contribution in [2.75, 3.05) is 0 Å². The molecule has 0 radical (unpaired) electrons. The Morgan fingerprint density at radius 3 is 1.02 bits per heavy atom. The molecule has 0 saturated carbocycles. The van der Waals surface area contributed by atoms with Gasteiger partial charge >= 0.3 is 0 Å². The zero-order chi connectivity index (χ0) is 34.6. The van der Waals surface area contributed by atoms with Gasteiger partial charge in [-0.2, -0.15) is 0 Å². The van der Waals surface area contributed by atoms with E-state index in [1.165, 1.54) is 109 Å². The Morgan fingerprint density at radius 2 is 0.625 bits per heavy atom. The molecule has 6 aromatic carbocycles. The van der Waals surface area contributed by atoms with Gasteiger partial charge in [0.15, 0.2) is 0 Å². The van der Waals surface area contributed by atoms with E-state index in [0.717, 1.165) is 0 Å². The molecule has 244 valence electrons. The SMILES string of the molecule is Cc1ccc(P(c2ccc(C)c(C)c2C)c2ccc3ccccc3c2P(c2ccc(C)c(C)c2C)c2ccc(C)c(C)c2C)c(C)c1C.